The molecule has 0 unspecified atom stereocenters. The second-order valence-corrected chi connectivity index (χ2v) is 5.15. The monoisotopic (exact) mass is 225 g/mol. The van der Waals surface area contributed by atoms with E-state index in [0.29, 0.717) is 5.41 Å². The Labute approximate surface area is 97.8 Å². The average molecular weight is 225 g/mol. The highest BCUT2D eigenvalue weighted by Crippen LogP contribution is 2.48. The van der Waals surface area contributed by atoms with Gasteiger partial charge in [0.2, 0.25) is 0 Å². The van der Waals surface area contributed by atoms with Gasteiger partial charge < -0.3 is 15.5 Å². The lowest BCUT2D eigenvalue weighted by atomic mass is 10.0. The van der Waals surface area contributed by atoms with Gasteiger partial charge in [0.1, 0.15) is 0 Å². The van der Waals surface area contributed by atoms with E-state index < -0.39 is 0 Å². The lowest BCUT2D eigenvalue weighted by Crippen LogP contribution is -2.36. The van der Waals surface area contributed by atoms with Gasteiger partial charge in [-0.25, -0.2) is 4.79 Å². The van der Waals surface area contributed by atoms with E-state index in [1.807, 2.05) is 4.90 Å². The molecule has 2 N–H and O–H groups in total. The third kappa shape index (κ3) is 2.88. The zero-order chi connectivity index (χ0) is 11.4. The Hall–Kier alpha value is -0.770. The molecule has 0 aromatic carbocycles. The Kier molecular flexibility index (Phi) is 3.69. The van der Waals surface area contributed by atoms with E-state index in [2.05, 4.69) is 17.6 Å². The minimum absolute atomic E-state index is 0.0940. The Morgan fingerprint density at radius 1 is 1.50 bits per heavy atom. The second-order valence-electron chi connectivity index (χ2n) is 5.15. The maximum Gasteiger partial charge on any atom is 0.317 e. The molecule has 1 aliphatic heterocycles. The summed E-state index contributed by atoms with van der Waals surface area (Å²) in [7, 11) is 0. The van der Waals surface area contributed by atoms with Crippen LogP contribution in [0.2, 0.25) is 0 Å². The van der Waals surface area contributed by atoms with Crippen LogP contribution in [0.4, 0.5) is 4.79 Å². The molecule has 16 heavy (non-hydrogen) atoms. The summed E-state index contributed by atoms with van der Waals surface area (Å²) in [6.45, 7) is 6.83. The van der Waals surface area contributed by atoms with Gasteiger partial charge in [0.05, 0.1) is 0 Å². The number of hydrogen-bond donors (Lipinski definition) is 2. The number of amides is 2. The standard InChI is InChI=1S/C12H23N3O/c1-2-3-12(4-5-12)10-13-6-8-15-9-7-14-11(15)16/h13H,2-10H2,1H3,(H,14,16). The number of carbonyl (C=O) groups excluding carboxylic acids is 1. The molecule has 2 fully saturated rings. The maximum absolute atomic E-state index is 11.3. The van der Waals surface area contributed by atoms with Crippen LogP contribution in [0.25, 0.3) is 0 Å². The summed E-state index contributed by atoms with van der Waals surface area (Å²) >= 11 is 0. The molecule has 0 bridgehead atoms. The molecule has 0 atom stereocenters. The zero-order valence-electron chi connectivity index (χ0n) is 10.2. The molecule has 1 saturated carbocycles. The summed E-state index contributed by atoms with van der Waals surface area (Å²) in [5, 5.41) is 6.32. The third-order valence-corrected chi connectivity index (χ3v) is 3.74. The Bertz CT molecular complexity index is 251. The molecule has 4 heteroatoms. The Morgan fingerprint density at radius 3 is 2.88 bits per heavy atom. The van der Waals surface area contributed by atoms with Crippen molar-refractivity contribution in [1.82, 2.24) is 15.5 Å². The largest absolute Gasteiger partial charge is 0.336 e. The zero-order valence-corrected chi connectivity index (χ0v) is 10.2. The SMILES string of the molecule is CCCC1(CNCCN2CCNC2=O)CC1. The van der Waals surface area contributed by atoms with Crippen molar-refractivity contribution in [3.8, 4) is 0 Å². The quantitative estimate of drug-likeness (QED) is 0.639. The van der Waals surface area contributed by atoms with E-state index in [1.165, 1.54) is 25.7 Å². The van der Waals surface area contributed by atoms with Gasteiger partial charge in [-0.3, -0.25) is 0 Å². The molecule has 0 spiro atoms. The van der Waals surface area contributed by atoms with Gasteiger partial charge in [-0.2, -0.15) is 0 Å². The van der Waals surface area contributed by atoms with Crippen LogP contribution in [0.15, 0.2) is 0 Å². The van der Waals surface area contributed by atoms with Crippen LogP contribution in [-0.4, -0.2) is 43.7 Å². The average Bonchev–Trinajstić information content (AvgIpc) is 2.91. The summed E-state index contributed by atoms with van der Waals surface area (Å²) < 4.78 is 0. The van der Waals surface area contributed by atoms with Gasteiger partial charge in [-0.1, -0.05) is 13.3 Å². The topological polar surface area (TPSA) is 44.4 Å². The van der Waals surface area contributed by atoms with Crippen LogP contribution in [0.1, 0.15) is 32.6 Å². The van der Waals surface area contributed by atoms with E-state index in [1.54, 1.807) is 0 Å². The molecule has 4 nitrogen and oxygen atoms in total. The first-order valence-electron chi connectivity index (χ1n) is 6.49. The second kappa shape index (κ2) is 5.04. The van der Waals surface area contributed by atoms with Crippen molar-refractivity contribution in [3.05, 3.63) is 0 Å². The maximum atomic E-state index is 11.3. The number of carbonyl (C=O) groups is 1. The number of nitrogens with zero attached hydrogens (tertiary/aromatic N) is 1. The molecular weight excluding hydrogens is 202 g/mol. The molecule has 0 aromatic heterocycles. The predicted molar refractivity (Wildman–Crippen MR) is 64.4 cm³/mol. The van der Waals surface area contributed by atoms with Gasteiger partial charge in [0.15, 0.2) is 0 Å². The summed E-state index contributed by atoms with van der Waals surface area (Å²) in [6.07, 6.45) is 5.41. The fourth-order valence-corrected chi connectivity index (χ4v) is 2.51. The summed E-state index contributed by atoms with van der Waals surface area (Å²) in [4.78, 5) is 13.1. The molecule has 92 valence electrons. The highest BCUT2D eigenvalue weighted by Gasteiger charge is 2.40. The Morgan fingerprint density at radius 2 is 2.31 bits per heavy atom. The molecule has 1 saturated heterocycles. The lowest BCUT2D eigenvalue weighted by molar-refractivity contribution is 0.217. The smallest absolute Gasteiger partial charge is 0.317 e. The number of nitrogens with one attached hydrogen (secondary N) is 2. The summed E-state index contributed by atoms with van der Waals surface area (Å²) in [6, 6.07) is 0.0940. The van der Waals surface area contributed by atoms with Gasteiger partial charge in [0, 0.05) is 32.7 Å². The van der Waals surface area contributed by atoms with Gasteiger partial charge >= 0.3 is 6.03 Å². The van der Waals surface area contributed by atoms with Crippen molar-refractivity contribution in [1.29, 1.82) is 0 Å². The van der Waals surface area contributed by atoms with Crippen LogP contribution in [0.5, 0.6) is 0 Å². The first-order valence-corrected chi connectivity index (χ1v) is 6.49. The van der Waals surface area contributed by atoms with E-state index in [0.717, 1.165) is 32.7 Å². The van der Waals surface area contributed by atoms with Gasteiger partial charge in [0.25, 0.3) is 0 Å². The summed E-state index contributed by atoms with van der Waals surface area (Å²) in [5.74, 6) is 0. The molecule has 1 heterocycles. The molecule has 2 amide bonds. The van der Waals surface area contributed by atoms with Crippen molar-refractivity contribution in [2.45, 2.75) is 32.6 Å². The molecule has 1 aliphatic carbocycles. The van der Waals surface area contributed by atoms with E-state index in [4.69, 9.17) is 0 Å². The van der Waals surface area contributed by atoms with Crippen molar-refractivity contribution in [2.75, 3.05) is 32.7 Å². The molecule has 0 radical (unpaired) electrons. The van der Waals surface area contributed by atoms with Crippen LogP contribution in [0, 0.1) is 5.41 Å². The fraction of sp³-hybridized carbons (Fsp3) is 0.917. The first kappa shape index (κ1) is 11.7. The van der Waals surface area contributed by atoms with Crippen LogP contribution in [0.3, 0.4) is 0 Å². The van der Waals surface area contributed by atoms with Crippen LogP contribution in [-0.2, 0) is 0 Å². The summed E-state index contributed by atoms with van der Waals surface area (Å²) in [5.41, 5.74) is 0.613. The molecule has 2 aliphatic rings. The number of urea groups is 1. The molecular formula is C12H23N3O. The lowest BCUT2D eigenvalue weighted by Gasteiger charge is -2.17. The minimum atomic E-state index is 0.0940. The van der Waals surface area contributed by atoms with Crippen LogP contribution >= 0.6 is 0 Å². The van der Waals surface area contributed by atoms with Crippen LogP contribution < -0.4 is 10.6 Å². The van der Waals surface area contributed by atoms with E-state index >= 15 is 0 Å². The Balaban J connectivity index is 1.56. The van der Waals surface area contributed by atoms with Gasteiger partial charge in [-0.05, 0) is 24.7 Å². The molecule has 0 aromatic rings. The van der Waals surface area contributed by atoms with Gasteiger partial charge in [-0.15, -0.1) is 0 Å². The number of hydrogen-bond acceptors (Lipinski definition) is 2. The minimum Gasteiger partial charge on any atom is -0.336 e. The van der Waals surface area contributed by atoms with Crippen molar-refractivity contribution in [2.24, 2.45) is 5.41 Å². The highest BCUT2D eigenvalue weighted by molar-refractivity contribution is 5.76. The third-order valence-electron chi connectivity index (χ3n) is 3.74. The van der Waals surface area contributed by atoms with E-state index in [-0.39, 0.29) is 6.03 Å². The normalized spacial score (nSPS) is 22.3. The van der Waals surface area contributed by atoms with Crippen molar-refractivity contribution < 1.29 is 4.79 Å². The van der Waals surface area contributed by atoms with Crippen molar-refractivity contribution in [3.63, 3.8) is 0 Å². The first-order chi connectivity index (χ1) is 7.76. The number of rotatable bonds is 7. The molecule has 2 rings (SSSR count). The predicted octanol–water partition coefficient (Wildman–Crippen LogP) is 1.18. The van der Waals surface area contributed by atoms with Crippen molar-refractivity contribution >= 4 is 6.03 Å². The highest BCUT2D eigenvalue weighted by atomic mass is 16.2. The fourth-order valence-electron chi connectivity index (χ4n) is 2.51. The van der Waals surface area contributed by atoms with E-state index in [9.17, 15) is 4.79 Å².